The van der Waals surface area contributed by atoms with E-state index in [0.29, 0.717) is 6.54 Å². The van der Waals surface area contributed by atoms with Crippen molar-refractivity contribution in [3.63, 3.8) is 0 Å². The summed E-state index contributed by atoms with van der Waals surface area (Å²) in [6.45, 7) is 2.81. The van der Waals surface area contributed by atoms with Gasteiger partial charge in [0.15, 0.2) is 0 Å². The van der Waals surface area contributed by atoms with Crippen molar-refractivity contribution < 1.29 is 0 Å². The van der Waals surface area contributed by atoms with E-state index in [-0.39, 0.29) is 0 Å². The van der Waals surface area contributed by atoms with E-state index in [0.717, 1.165) is 6.42 Å². The Morgan fingerprint density at radius 2 is 1.89 bits per heavy atom. The maximum Gasteiger partial charge on any atom is 0.0460 e. The lowest BCUT2D eigenvalue weighted by Gasteiger charge is -2.08. The first-order valence-corrected chi connectivity index (χ1v) is 6.65. The van der Waals surface area contributed by atoms with E-state index in [1.54, 1.807) is 0 Å². The highest BCUT2D eigenvalue weighted by molar-refractivity contribution is 5.96. The van der Waals surface area contributed by atoms with Gasteiger partial charge in [-0.25, -0.2) is 0 Å². The van der Waals surface area contributed by atoms with Crippen LogP contribution in [0.15, 0.2) is 48.7 Å². The molecular weight excluding hydrogens is 232 g/mol. The first-order valence-electron chi connectivity index (χ1n) is 6.65. The van der Waals surface area contributed by atoms with Crippen LogP contribution in [0.25, 0.3) is 22.0 Å². The van der Waals surface area contributed by atoms with E-state index in [2.05, 4.69) is 60.6 Å². The normalized spacial score (nSPS) is 11.1. The lowest BCUT2D eigenvalue weighted by Crippen LogP contribution is -2.03. The SMILES string of the molecule is Cc1ccc2[nH]cc(-c3ccccc3CCN)c2c1. The van der Waals surface area contributed by atoms with Crippen molar-refractivity contribution in [3.8, 4) is 11.1 Å². The Kier molecular flexibility index (Phi) is 3.10. The molecule has 3 aromatic rings. The third-order valence-corrected chi connectivity index (χ3v) is 3.56. The molecule has 0 amide bonds. The van der Waals surface area contributed by atoms with E-state index in [1.165, 1.54) is 33.2 Å². The number of hydrogen-bond donors (Lipinski definition) is 2. The number of nitrogens with two attached hydrogens (primary N) is 1. The number of rotatable bonds is 3. The average molecular weight is 250 g/mol. The average Bonchev–Trinajstić information content (AvgIpc) is 2.82. The molecule has 0 unspecified atom stereocenters. The number of aromatic nitrogens is 1. The van der Waals surface area contributed by atoms with Crippen LogP contribution in [0.5, 0.6) is 0 Å². The minimum absolute atomic E-state index is 0.679. The highest BCUT2D eigenvalue weighted by Gasteiger charge is 2.09. The van der Waals surface area contributed by atoms with Crippen molar-refractivity contribution >= 4 is 10.9 Å². The second-order valence-electron chi connectivity index (χ2n) is 4.95. The number of H-pyrrole nitrogens is 1. The largest absolute Gasteiger partial charge is 0.361 e. The van der Waals surface area contributed by atoms with E-state index < -0.39 is 0 Å². The van der Waals surface area contributed by atoms with Crippen molar-refractivity contribution in [1.82, 2.24) is 4.98 Å². The van der Waals surface area contributed by atoms with Crippen LogP contribution in [0.2, 0.25) is 0 Å². The van der Waals surface area contributed by atoms with Crippen LogP contribution in [0.1, 0.15) is 11.1 Å². The van der Waals surface area contributed by atoms with Gasteiger partial charge in [0.25, 0.3) is 0 Å². The Balaban J connectivity index is 2.21. The number of fused-ring (bicyclic) bond motifs is 1. The minimum Gasteiger partial charge on any atom is -0.361 e. The van der Waals surface area contributed by atoms with Crippen molar-refractivity contribution in [1.29, 1.82) is 0 Å². The third kappa shape index (κ3) is 2.15. The minimum atomic E-state index is 0.679. The summed E-state index contributed by atoms with van der Waals surface area (Å²) in [4.78, 5) is 3.35. The zero-order valence-corrected chi connectivity index (χ0v) is 11.1. The predicted molar refractivity (Wildman–Crippen MR) is 81.2 cm³/mol. The fourth-order valence-electron chi connectivity index (χ4n) is 2.61. The molecule has 0 saturated heterocycles. The summed E-state index contributed by atoms with van der Waals surface area (Å²) in [5.41, 5.74) is 12.0. The van der Waals surface area contributed by atoms with Gasteiger partial charge < -0.3 is 10.7 Å². The quantitative estimate of drug-likeness (QED) is 0.732. The van der Waals surface area contributed by atoms with Gasteiger partial charge in [0.2, 0.25) is 0 Å². The maximum absolute atomic E-state index is 5.71. The van der Waals surface area contributed by atoms with Crippen LogP contribution in [-0.2, 0) is 6.42 Å². The van der Waals surface area contributed by atoms with Gasteiger partial charge >= 0.3 is 0 Å². The number of hydrogen-bond acceptors (Lipinski definition) is 1. The predicted octanol–water partition coefficient (Wildman–Crippen LogP) is 3.64. The lowest BCUT2D eigenvalue weighted by molar-refractivity contribution is 0.971. The molecule has 2 aromatic carbocycles. The van der Waals surface area contributed by atoms with E-state index in [1.807, 2.05) is 0 Å². The molecule has 1 aromatic heterocycles. The molecule has 3 rings (SSSR count). The molecule has 3 N–H and O–H groups in total. The van der Waals surface area contributed by atoms with Crippen LogP contribution >= 0.6 is 0 Å². The van der Waals surface area contributed by atoms with Gasteiger partial charge in [-0.15, -0.1) is 0 Å². The van der Waals surface area contributed by atoms with Crippen LogP contribution in [-0.4, -0.2) is 11.5 Å². The standard InChI is InChI=1S/C17H18N2/c1-12-6-7-17-15(10-12)16(11-19-17)14-5-3-2-4-13(14)8-9-18/h2-7,10-11,19H,8-9,18H2,1H3. The molecule has 0 aliphatic carbocycles. The van der Waals surface area contributed by atoms with Gasteiger partial charge in [-0.05, 0) is 43.1 Å². The molecule has 0 aliphatic heterocycles. The number of benzene rings is 2. The van der Waals surface area contributed by atoms with Crippen LogP contribution in [0.4, 0.5) is 0 Å². The first kappa shape index (κ1) is 12.0. The summed E-state index contributed by atoms with van der Waals surface area (Å²) in [6, 6.07) is 15.0. The molecule has 0 fully saturated rings. The number of aromatic amines is 1. The second-order valence-corrected chi connectivity index (χ2v) is 4.95. The fraction of sp³-hybridized carbons (Fsp3) is 0.176. The highest BCUT2D eigenvalue weighted by atomic mass is 14.7. The van der Waals surface area contributed by atoms with Gasteiger partial charge in [0.05, 0.1) is 0 Å². The maximum atomic E-state index is 5.71. The molecule has 2 nitrogen and oxygen atoms in total. The zero-order chi connectivity index (χ0) is 13.2. The van der Waals surface area contributed by atoms with Gasteiger partial charge in [-0.1, -0.05) is 35.9 Å². The monoisotopic (exact) mass is 250 g/mol. The summed E-state index contributed by atoms with van der Waals surface area (Å²) in [5, 5.41) is 1.28. The fourth-order valence-corrected chi connectivity index (χ4v) is 2.61. The molecule has 0 bridgehead atoms. The van der Waals surface area contributed by atoms with Gasteiger partial charge in [0.1, 0.15) is 0 Å². The summed E-state index contributed by atoms with van der Waals surface area (Å²) >= 11 is 0. The Morgan fingerprint density at radius 3 is 2.74 bits per heavy atom. The van der Waals surface area contributed by atoms with Gasteiger partial charge in [-0.2, -0.15) is 0 Å². The molecular formula is C17H18N2. The van der Waals surface area contributed by atoms with E-state index in [9.17, 15) is 0 Å². The smallest absolute Gasteiger partial charge is 0.0460 e. The summed E-state index contributed by atoms with van der Waals surface area (Å²) in [6.07, 6.45) is 3.01. The highest BCUT2D eigenvalue weighted by Crippen LogP contribution is 2.31. The Labute approximate surface area is 113 Å². The van der Waals surface area contributed by atoms with Crippen LogP contribution < -0.4 is 5.73 Å². The first-order chi connectivity index (χ1) is 9.29. The molecule has 0 saturated carbocycles. The van der Waals surface area contributed by atoms with Gasteiger partial charge in [-0.3, -0.25) is 0 Å². The van der Waals surface area contributed by atoms with E-state index >= 15 is 0 Å². The molecule has 0 aliphatic rings. The van der Waals surface area contributed by atoms with Crippen molar-refractivity contribution in [2.75, 3.05) is 6.54 Å². The van der Waals surface area contributed by atoms with Crippen molar-refractivity contribution in [2.45, 2.75) is 13.3 Å². The Morgan fingerprint density at radius 1 is 1.05 bits per heavy atom. The molecule has 0 atom stereocenters. The molecule has 0 radical (unpaired) electrons. The van der Waals surface area contributed by atoms with E-state index in [4.69, 9.17) is 5.73 Å². The topological polar surface area (TPSA) is 41.8 Å². The third-order valence-electron chi connectivity index (χ3n) is 3.56. The second kappa shape index (κ2) is 4.90. The Bertz CT molecular complexity index is 710. The lowest BCUT2D eigenvalue weighted by atomic mass is 9.97. The molecule has 1 heterocycles. The molecule has 19 heavy (non-hydrogen) atoms. The van der Waals surface area contributed by atoms with Crippen LogP contribution in [0.3, 0.4) is 0 Å². The number of nitrogens with one attached hydrogen (secondary N) is 1. The molecule has 2 heteroatoms. The molecule has 96 valence electrons. The number of aryl methyl sites for hydroxylation is 1. The van der Waals surface area contributed by atoms with Crippen molar-refractivity contribution in [2.24, 2.45) is 5.73 Å². The van der Waals surface area contributed by atoms with Gasteiger partial charge in [0, 0.05) is 22.7 Å². The van der Waals surface area contributed by atoms with Crippen molar-refractivity contribution in [3.05, 3.63) is 59.8 Å². The summed E-state index contributed by atoms with van der Waals surface area (Å²) in [7, 11) is 0. The zero-order valence-electron chi connectivity index (χ0n) is 11.1. The Hall–Kier alpha value is -2.06. The summed E-state index contributed by atoms with van der Waals surface area (Å²) < 4.78 is 0. The molecule has 0 spiro atoms. The summed E-state index contributed by atoms with van der Waals surface area (Å²) in [5.74, 6) is 0. The van der Waals surface area contributed by atoms with Crippen LogP contribution in [0, 0.1) is 6.92 Å².